The summed E-state index contributed by atoms with van der Waals surface area (Å²) in [6, 6.07) is 7.73. The Labute approximate surface area is 144 Å². The van der Waals surface area contributed by atoms with Gasteiger partial charge in [-0.25, -0.2) is 0 Å². The van der Waals surface area contributed by atoms with E-state index in [0.717, 1.165) is 11.3 Å². The second-order valence-electron chi connectivity index (χ2n) is 7.34. The summed E-state index contributed by atoms with van der Waals surface area (Å²) in [5.74, 6) is 0.669. The fraction of sp³-hybridized carbons (Fsp3) is 0.632. The maximum absolute atomic E-state index is 12.6. The summed E-state index contributed by atoms with van der Waals surface area (Å²) in [5.41, 5.74) is 6.25. The van der Waals surface area contributed by atoms with Crippen molar-refractivity contribution < 1.29 is 14.3 Å². The van der Waals surface area contributed by atoms with Crippen molar-refractivity contribution in [2.45, 2.75) is 58.7 Å². The van der Waals surface area contributed by atoms with Gasteiger partial charge in [0.25, 0.3) is 0 Å². The second-order valence-corrected chi connectivity index (χ2v) is 7.34. The Bertz CT molecular complexity index is 588. The van der Waals surface area contributed by atoms with E-state index >= 15 is 0 Å². The maximum atomic E-state index is 12.6. The predicted molar refractivity (Wildman–Crippen MR) is 95.0 cm³/mol. The lowest BCUT2D eigenvalue weighted by Gasteiger charge is -2.57. The molecule has 5 nitrogen and oxygen atoms in total. The van der Waals surface area contributed by atoms with E-state index in [4.69, 9.17) is 15.2 Å². The van der Waals surface area contributed by atoms with Gasteiger partial charge in [0.2, 0.25) is 5.91 Å². The first kappa shape index (κ1) is 18.7. The number of ether oxygens (including phenoxy) is 2. The second kappa shape index (κ2) is 7.11. The van der Waals surface area contributed by atoms with Crippen LogP contribution in [-0.4, -0.2) is 36.8 Å². The molecule has 1 aromatic carbocycles. The van der Waals surface area contributed by atoms with Gasteiger partial charge in [0.15, 0.2) is 0 Å². The zero-order chi connectivity index (χ0) is 18.0. The van der Waals surface area contributed by atoms with Crippen LogP contribution >= 0.6 is 0 Å². The third-order valence-electron chi connectivity index (χ3n) is 5.10. The van der Waals surface area contributed by atoms with Crippen LogP contribution in [0.25, 0.3) is 0 Å². The lowest BCUT2D eigenvalue weighted by molar-refractivity contribution is -0.171. The molecule has 24 heavy (non-hydrogen) atoms. The molecule has 0 aliphatic heterocycles. The molecule has 0 spiro atoms. The lowest BCUT2D eigenvalue weighted by atomic mass is 9.54. The highest BCUT2D eigenvalue weighted by Crippen LogP contribution is 2.49. The molecular weight excluding hydrogens is 304 g/mol. The molecule has 0 aromatic heterocycles. The number of rotatable bonds is 7. The van der Waals surface area contributed by atoms with Gasteiger partial charge in [-0.05, 0) is 38.5 Å². The van der Waals surface area contributed by atoms with Crippen LogP contribution in [0.1, 0.15) is 39.7 Å². The van der Waals surface area contributed by atoms with Gasteiger partial charge in [0, 0.05) is 18.4 Å². The van der Waals surface area contributed by atoms with Crippen molar-refractivity contribution in [3.63, 3.8) is 0 Å². The van der Waals surface area contributed by atoms with E-state index in [2.05, 4.69) is 5.32 Å². The topological polar surface area (TPSA) is 73.6 Å². The number of aryl methyl sites for hydroxylation is 1. The molecule has 0 heterocycles. The number of hydrogen-bond donors (Lipinski definition) is 2. The van der Waals surface area contributed by atoms with Crippen LogP contribution in [0.4, 0.5) is 0 Å². The van der Waals surface area contributed by atoms with E-state index in [-0.39, 0.29) is 23.5 Å². The fourth-order valence-corrected chi connectivity index (χ4v) is 3.14. The molecular formula is C19H30N2O3. The summed E-state index contributed by atoms with van der Waals surface area (Å²) < 4.78 is 11.4. The van der Waals surface area contributed by atoms with E-state index in [1.54, 1.807) is 0 Å². The number of amides is 1. The normalized spacial score (nSPS) is 26.3. The van der Waals surface area contributed by atoms with E-state index in [0.29, 0.717) is 19.6 Å². The highest BCUT2D eigenvalue weighted by Gasteiger charge is 2.62. The SMILES string of the molecule is CCOC1CC(N)(C(=O)NC(C)COc2cccc(C)c2)C1(C)C. The standard InChI is InChI=1S/C19H30N2O3/c1-6-23-16-11-19(20,18(16,4)5)17(22)21-14(3)12-24-15-9-7-8-13(2)10-15/h7-10,14,16H,6,11-12,20H2,1-5H3,(H,21,22). The summed E-state index contributed by atoms with van der Waals surface area (Å²) in [6.07, 6.45) is 0.572. The van der Waals surface area contributed by atoms with Crippen LogP contribution in [0.3, 0.4) is 0 Å². The third-order valence-corrected chi connectivity index (χ3v) is 5.10. The predicted octanol–water partition coefficient (Wildman–Crippen LogP) is 2.41. The van der Waals surface area contributed by atoms with Crippen LogP contribution in [0.15, 0.2) is 24.3 Å². The maximum Gasteiger partial charge on any atom is 0.241 e. The molecule has 0 bridgehead atoms. The first-order valence-corrected chi connectivity index (χ1v) is 8.61. The molecule has 3 unspecified atom stereocenters. The Balaban J connectivity index is 1.87. The molecule has 5 heteroatoms. The van der Waals surface area contributed by atoms with Gasteiger partial charge in [-0.3, -0.25) is 4.79 Å². The van der Waals surface area contributed by atoms with Crippen molar-refractivity contribution in [2.24, 2.45) is 11.1 Å². The Morgan fingerprint density at radius 1 is 1.46 bits per heavy atom. The summed E-state index contributed by atoms with van der Waals surface area (Å²) >= 11 is 0. The van der Waals surface area contributed by atoms with Gasteiger partial charge in [-0.2, -0.15) is 0 Å². The first-order chi connectivity index (χ1) is 11.2. The fourth-order valence-electron chi connectivity index (χ4n) is 3.14. The molecule has 1 aliphatic carbocycles. The Kier molecular flexibility index (Phi) is 5.56. The van der Waals surface area contributed by atoms with Gasteiger partial charge in [0.05, 0.1) is 12.1 Å². The number of benzene rings is 1. The van der Waals surface area contributed by atoms with Crippen molar-refractivity contribution in [3.05, 3.63) is 29.8 Å². The number of carbonyl (C=O) groups is 1. The molecule has 1 aliphatic rings. The number of hydrogen-bond acceptors (Lipinski definition) is 4. The zero-order valence-corrected chi connectivity index (χ0v) is 15.4. The highest BCUT2D eigenvalue weighted by atomic mass is 16.5. The molecule has 0 saturated heterocycles. The van der Waals surface area contributed by atoms with Gasteiger partial charge in [-0.15, -0.1) is 0 Å². The highest BCUT2D eigenvalue weighted by molar-refractivity contribution is 5.89. The Morgan fingerprint density at radius 3 is 2.75 bits per heavy atom. The van der Waals surface area contributed by atoms with Gasteiger partial charge in [0.1, 0.15) is 17.9 Å². The number of carbonyl (C=O) groups excluding carboxylic acids is 1. The van der Waals surface area contributed by atoms with Crippen LogP contribution in [-0.2, 0) is 9.53 Å². The first-order valence-electron chi connectivity index (χ1n) is 8.61. The van der Waals surface area contributed by atoms with Gasteiger partial charge < -0.3 is 20.5 Å². The largest absolute Gasteiger partial charge is 0.491 e. The van der Waals surface area contributed by atoms with E-state index in [1.807, 2.05) is 58.9 Å². The zero-order valence-electron chi connectivity index (χ0n) is 15.4. The molecule has 1 aromatic rings. The molecule has 1 fully saturated rings. The van der Waals surface area contributed by atoms with Gasteiger partial charge in [-0.1, -0.05) is 26.0 Å². The van der Waals surface area contributed by atoms with Crippen molar-refractivity contribution in [1.29, 1.82) is 0 Å². The van der Waals surface area contributed by atoms with Crippen molar-refractivity contribution in [1.82, 2.24) is 5.32 Å². The van der Waals surface area contributed by atoms with Crippen molar-refractivity contribution >= 4 is 5.91 Å². The van der Waals surface area contributed by atoms with Crippen molar-refractivity contribution in [2.75, 3.05) is 13.2 Å². The van der Waals surface area contributed by atoms with Crippen LogP contribution in [0.5, 0.6) is 5.75 Å². The van der Waals surface area contributed by atoms with Gasteiger partial charge >= 0.3 is 0 Å². The Morgan fingerprint density at radius 2 is 2.17 bits per heavy atom. The molecule has 2 rings (SSSR count). The summed E-state index contributed by atoms with van der Waals surface area (Å²) in [5, 5.41) is 2.98. The quantitative estimate of drug-likeness (QED) is 0.803. The minimum atomic E-state index is -0.898. The molecule has 3 atom stereocenters. The van der Waals surface area contributed by atoms with E-state index in [9.17, 15) is 4.79 Å². The van der Waals surface area contributed by atoms with E-state index in [1.165, 1.54) is 0 Å². The lowest BCUT2D eigenvalue weighted by Crippen LogP contribution is -2.76. The summed E-state index contributed by atoms with van der Waals surface area (Å²) in [6.45, 7) is 10.9. The van der Waals surface area contributed by atoms with Crippen molar-refractivity contribution in [3.8, 4) is 5.75 Å². The molecule has 0 radical (unpaired) electrons. The average molecular weight is 334 g/mol. The number of nitrogens with one attached hydrogen (secondary N) is 1. The summed E-state index contributed by atoms with van der Waals surface area (Å²) in [7, 11) is 0. The monoisotopic (exact) mass is 334 g/mol. The molecule has 134 valence electrons. The molecule has 1 amide bonds. The van der Waals surface area contributed by atoms with E-state index < -0.39 is 5.54 Å². The minimum Gasteiger partial charge on any atom is -0.491 e. The molecule has 3 N–H and O–H groups in total. The summed E-state index contributed by atoms with van der Waals surface area (Å²) in [4.78, 5) is 12.6. The Hall–Kier alpha value is -1.59. The minimum absolute atomic E-state index is 0.0251. The van der Waals surface area contributed by atoms with Crippen LogP contribution in [0.2, 0.25) is 0 Å². The molecule has 1 saturated carbocycles. The number of nitrogens with two attached hydrogens (primary N) is 1. The third kappa shape index (κ3) is 3.57. The van der Waals surface area contributed by atoms with Crippen LogP contribution < -0.4 is 15.8 Å². The average Bonchev–Trinajstić information content (AvgIpc) is 2.52. The van der Waals surface area contributed by atoms with Crippen LogP contribution in [0, 0.1) is 12.3 Å². The smallest absolute Gasteiger partial charge is 0.241 e.